The minimum Gasteiger partial charge on any atom is -0.444 e. The van der Waals surface area contributed by atoms with Crippen molar-refractivity contribution in [2.45, 2.75) is 45.3 Å². The van der Waals surface area contributed by atoms with Gasteiger partial charge in [-0.1, -0.05) is 36.3 Å². The fourth-order valence-electron chi connectivity index (χ4n) is 4.05. The molecule has 5 nitrogen and oxygen atoms in total. The molecule has 0 bridgehead atoms. The number of benzene rings is 2. The van der Waals surface area contributed by atoms with Crippen LogP contribution < -0.4 is 4.90 Å². The minimum absolute atomic E-state index is 0.129. The Balaban J connectivity index is 1.83. The van der Waals surface area contributed by atoms with Crippen LogP contribution in [0.5, 0.6) is 0 Å². The van der Waals surface area contributed by atoms with Gasteiger partial charge in [-0.25, -0.2) is 4.79 Å². The minimum atomic E-state index is -0.515. The van der Waals surface area contributed by atoms with Crippen LogP contribution in [0.2, 0.25) is 0 Å². The summed E-state index contributed by atoms with van der Waals surface area (Å²) < 4.78 is 5.52. The van der Waals surface area contributed by atoms with Crippen LogP contribution in [0.4, 0.5) is 10.5 Å². The highest BCUT2D eigenvalue weighted by atomic mass is 16.6. The van der Waals surface area contributed by atoms with Crippen LogP contribution in [0.15, 0.2) is 54.6 Å². The van der Waals surface area contributed by atoms with Gasteiger partial charge in [-0.3, -0.25) is 4.79 Å². The van der Waals surface area contributed by atoms with Gasteiger partial charge in [-0.15, -0.1) is 6.42 Å². The predicted molar refractivity (Wildman–Crippen MR) is 123 cm³/mol. The Kier molecular flexibility index (Phi) is 7.02. The largest absolute Gasteiger partial charge is 0.444 e. The summed E-state index contributed by atoms with van der Waals surface area (Å²) in [4.78, 5) is 28.2. The molecule has 1 atom stereocenters. The maximum atomic E-state index is 12.5. The average Bonchev–Trinajstić information content (AvgIpc) is 2.77. The molecular weight excluding hydrogens is 388 g/mol. The number of likely N-dealkylation sites (tertiary alicyclic amines) is 1. The van der Waals surface area contributed by atoms with Crippen molar-refractivity contribution in [3.63, 3.8) is 0 Å². The molecule has 5 heteroatoms. The third-order valence-electron chi connectivity index (χ3n) is 5.52. The van der Waals surface area contributed by atoms with Gasteiger partial charge in [0, 0.05) is 24.3 Å². The number of ether oxygens (including phenoxy) is 1. The lowest BCUT2D eigenvalue weighted by molar-refractivity contribution is -0.108. The van der Waals surface area contributed by atoms with Crippen molar-refractivity contribution < 1.29 is 14.3 Å². The molecule has 1 unspecified atom stereocenters. The third-order valence-corrected chi connectivity index (χ3v) is 5.52. The van der Waals surface area contributed by atoms with Crippen LogP contribution in [-0.4, -0.2) is 36.1 Å². The first kappa shape index (κ1) is 22.4. The van der Waals surface area contributed by atoms with E-state index in [2.05, 4.69) is 18.1 Å². The number of hydrogen-bond acceptors (Lipinski definition) is 3. The molecule has 1 saturated heterocycles. The highest BCUT2D eigenvalue weighted by Crippen LogP contribution is 2.37. The van der Waals surface area contributed by atoms with Crippen LogP contribution in [0, 0.1) is 18.3 Å². The molecule has 1 heterocycles. The number of nitrogens with zero attached hydrogens (tertiary/aromatic N) is 2. The third kappa shape index (κ3) is 5.67. The normalized spacial score (nSPS) is 15.6. The number of anilines is 1. The molecule has 0 radical (unpaired) electrons. The summed E-state index contributed by atoms with van der Waals surface area (Å²) in [6.45, 7) is 6.82. The number of amides is 2. The first-order chi connectivity index (χ1) is 14.8. The summed E-state index contributed by atoms with van der Waals surface area (Å²) in [5.74, 6) is 2.82. The lowest BCUT2D eigenvalue weighted by Gasteiger charge is -2.40. The zero-order valence-electron chi connectivity index (χ0n) is 18.5. The summed E-state index contributed by atoms with van der Waals surface area (Å²) in [5, 5.41) is 0. The molecule has 162 valence electrons. The Labute approximate surface area is 185 Å². The molecule has 31 heavy (non-hydrogen) atoms. The molecule has 1 fully saturated rings. The molecule has 3 rings (SSSR count). The zero-order valence-corrected chi connectivity index (χ0v) is 18.5. The van der Waals surface area contributed by atoms with Gasteiger partial charge >= 0.3 is 6.09 Å². The number of carbonyl (C=O) groups is 2. The molecule has 2 aromatic carbocycles. The topological polar surface area (TPSA) is 49.9 Å². The fraction of sp³-hybridized carbons (Fsp3) is 0.385. The van der Waals surface area contributed by atoms with E-state index in [4.69, 9.17) is 11.2 Å². The Hall–Kier alpha value is -3.26. The van der Waals surface area contributed by atoms with Gasteiger partial charge in [0.15, 0.2) is 0 Å². The smallest absolute Gasteiger partial charge is 0.410 e. The Bertz CT molecular complexity index is 918. The second-order valence-electron chi connectivity index (χ2n) is 8.86. The van der Waals surface area contributed by atoms with Crippen LogP contribution >= 0.6 is 0 Å². The predicted octanol–water partition coefficient (Wildman–Crippen LogP) is 5.02. The van der Waals surface area contributed by atoms with E-state index in [1.54, 1.807) is 9.80 Å². The summed E-state index contributed by atoms with van der Waals surface area (Å²) >= 11 is 0. The van der Waals surface area contributed by atoms with E-state index in [-0.39, 0.29) is 18.1 Å². The average molecular weight is 419 g/mol. The highest BCUT2D eigenvalue weighted by Gasteiger charge is 2.34. The van der Waals surface area contributed by atoms with E-state index < -0.39 is 5.60 Å². The molecule has 0 saturated carbocycles. The number of terminal acetylenes is 1. The lowest BCUT2D eigenvalue weighted by Crippen LogP contribution is -2.44. The maximum absolute atomic E-state index is 12.5. The molecule has 0 N–H and O–H groups in total. The quantitative estimate of drug-likeness (QED) is 0.506. The van der Waals surface area contributed by atoms with Crippen molar-refractivity contribution in [1.29, 1.82) is 0 Å². The van der Waals surface area contributed by atoms with Crippen LogP contribution in [0.1, 0.15) is 50.8 Å². The summed E-state index contributed by atoms with van der Waals surface area (Å²) in [6.07, 6.45) is 7.66. The molecule has 0 aliphatic carbocycles. The number of rotatable bonds is 5. The Morgan fingerprint density at radius 2 is 1.74 bits per heavy atom. The van der Waals surface area contributed by atoms with Gasteiger partial charge in [0.25, 0.3) is 0 Å². The van der Waals surface area contributed by atoms with E-state index in [0.717, 1.165) is 36.1 Å². The molecular formula is C26H30N2O3. The van der Waals surface area contributed by atoms with Crippen LogP contribution in [0.3, 0.4) is 0 Å². The molecule has 0 spiro atoms. The van der Waals surface area contributed by atoms with E-state index >= 15 is 0 Å². The van der Waals surface area contributed by atoms with E-state index in [1.165, 1.54) is 0 Å². The van der Waals surface area contributed by atoms with Gasteiger partial charge in [0.1, 0.15) is 5.60 Å². The summed E-state index contributed by atoms with van der Waals surface area (Å²) in [7, 11) is 0. The Morgan fingerprint density at radius 3 is 2.26 bits per heavy atom. The van der Waals surface area contributed by atoms with E-state index in [9.17, 15) is 9.59 Å². The van der Waals surface area contributed by atoms with Gasteiger partial charge in [0.2, 0.25) is 6.41 Å². The van der Waals surface area contributed by atoms with Crippen molar-refractivity contribution >= 4 is 18.2 Å². The van der Waals surface area contributed by atoms with Crippen molar-refractivity contribution in [2.24, 2.45) is 5.92 Å². The number of hydrogen-bond donors (Lipinski definition) is 0. The molecule has 0 aromatic heterocycles. The second-order valence-corrected chi connectivity index (χ2v) is 8.86. The van der Waals surface area contributed by atoms with Crippen molar-refractivity contribution in [1.82, 2.24) is 4.90 Å². The zero-order chi connectivity index (χ0) is 22.4. The van der Waals surface area contributed by atoms with E-state index in [1.807, 2.05) is 63.2 Å². The van der Waals surface area contributed by atoms with Crippen molar-refractivity contribution in [2.75, 3.05) is 18.0 Å². The molecule has 1 aliphatic heterocycles. The molecule has 2 aromatic rings. The van der Waals surface area contributed by atoms with Gasteiger partial charge < -0.3 is 14.5 Å². The van der Waals surface area contributed by atoms with Gasteiger partial charge in [-0.05, 0) is 69.4 Å². The molecule has 1 aliphatic rings. The monoisotopic (exact) mass is 418 g/mol. The molecule has 2 amide bonds. The lowest BCUT2D eigenvalue weighted by atomic mass is 9.84. The first-order valence-corrected chi connectivity index (χ1v) is 10.7. The highest BCUT2D eigenvalue weighted by molar-refractivity contribution is 5.77. The first-order valence-electron chi connectivity index (χ1n) is 10.7. The number of carbonyl (C=O) groups excluding carboxylic acids is 2. The van der Waals surface area contributed by atoms with Crippen molar-refractivity contribution in [3.8, 4) is 12.3 Å². The SMILES string of the molecule is C#Cc1ccc(N(C=O)C(c2ccccc2)C2CCN(C(=O)OC(C)(C)C)CC2)cc1. The Morgan fingerprint density at radius 1 is 1.13 bits per heavy atom. The van der Waals surface area contributed by atoms with Crippen LogP contribution in [0.25, 0.3) is 0 Å². The van der Waals surface area contributed by atoms with Gasteiger partial charge in [-0.2, -0.15) is 0 Å². The second kappa shape index (κ2) is 9.70. The van der Waals surface area contributed by atoms with E-state index in [0.29, 0.717) is 13.1 Å². The standard InChI is InChI=1S/C26H30N2O3/c1-5-20-11-13-23(14-12-20)28(19-29)24(21-9-7-6-8-10-21)22-15-17-27(18-16-22)25(30)31-26(2,3)4/h1,6-14,19,22,24H,15-18H2,2-4H3. The summed E-state index contributed by atoms with van der Waals surface area (Å²) in [6, 6.07) is 17.4. The van der Waals surface area contributed by atoms with Crippen LogP contribution in [-0.2, 0) is 9.53 Å². The van der Waals surface area contributed by atoms with Crippen molar-refractivity contribution in [3.05, 3.63) is 65.7 Å². The maximum Gasteiger partial charge on any atom is 0.410 e. The van der Waals surface area contributed by atoms with Gasteiger partial charge in [0.05, 0.1) is 6.04 Å². The number of piperidine rings is 1. The fourth-order valence-corrected chi connectivity index (χ4v) is 4.05. The summed E-state index contributed by atoms with van der Waals surface area (Å²) in [5.41, 5.74) is 2.14.